The van der Waals surface area contributed by atoms with E-state index >= 15 is 0 Å². The van der Waals surface area contributed by atoms with Crippen LogP contribution in [0.4, 0.5) is 0 Å². The van der Waals surface area contributed by atoms with Crippen molar-refractivity contribution < 1.29 is 9.63 Å². The second-order valence-corrected chi connectivity index (χ2v) is 2.76. The van der Waals surface area contributed by atoms with Crippen molar-refractivity contribution >= 4 is 5.91 Å². The van der Waals surface area contributed by atoms with Crippen molar-refractivity contribution in [3.8, 4) is 0 Å². The Bertz CT molecular complexity index is 145. The molecule has 66 valence electrons. The van der Waals surface area contributed by atoms with Crippen molar-refractivity contribution in [3.63, 3.8) is 0 Å². The normalized spacial score (nSPS) is 15.7. The second-order valence-electron chi connectivity index (χ2n) is 2.76. The van der Waals surface area contributed by atoms with Crippen LogP contribution in [-0.2, 0) is 9.63 Å². The number of nitrogens with zero attached hydrogens (tertiary/aromatic N) is 1. The van der Waals surface area contributed by atoms with Gasteiger partial charge in [-0.1, -0.05) is 6.92 Å². The van der Waals surface area contributed by atoms with Crippen LogP contribution < -0.4 is 5.73 Å². The molecule has 0 bridgehead atoms. The fourth-order valence-electron chi connectivity index (χ4n) is 0.594. The maximum absolute atomic E-state index is 11.3. The number of carbonyl (C=O) groups excluding carboxylic acids is 1. The fraction of sp³-hybridized carbons (Fsp3) is 0.857. The average Bonchev–Trinajstić information content (AvgIpc) is 2.01. The first-order chi connectivity index (χ1) is 4.95. The van der Waals surface area contributed by atoms with Gasteiger partial charge in [0.1, 0.15) is 0 Å². The Morgan fingerprint density at radius 1 is 1.73 bits per heavy atom. The summed E-state index contributed by atoms with van der Waals surface area (Å²) in [6.07, 6.45) is 0.597. The Hall–Kier alpha value is -0.610. The highest BCUT2D eigenvalue weighted by Crippen LogP contribution is 2.08. The van der Waals surface area contributed by atoms with Gasteiger partial charge in [-0.05, 0) is 13.3 Å². The summed E-state index contributed by atoms with van der Waals surface area (Å²) in [6, 6.07) is 0. The number of likely N-dealkylation sites (N-methyl/N-ethyl adjacent to an activating group) is 1. The Kier molecular flexibility index (Phi) is 3.48. The number of rotatable bonds is 3. The van der Waals surface area contributed by atoms with E-state index in [4.69, 9.17) is 10.6 Å². The minimum atomic E-state index is -0.815. The molecule has 1 amide bonds. The van der Waals surface area contributed by atoms with Gasteiger partial charge in [-0.15, -0.1) is 0 Å². The third-order valence-electron chi connectivity index (χ3n) is 1.78. The lowest BCUT2D eigenvalue weighted by atomic mass is 10.00. The van der Waals surface area contributed by atoms with Gasteiger partial charge in [-0.25, -0.2) is 5.06 Å². The highest BCUT2D eigenvalue weighted by atomic mass is 16.7. The molecule has 0 aromatic carbocycles. The summed E-state index contributed by atoms with van der Waals surface area (Å²) in [5.41, 5.74) is 4.85. The van der Waals surface area contributed by atoms with E-state index in [-0.39, 0.29) is 5.91 Å². The standard InChI is InChI=1S/C7H16N2O2/c1-5-7(2,8)6(10)9(3)11-4/h5,8H2,1-4H3. The van der Waals surface area contributed by atoms with Crippen LogP contribution in [0.5, 0.6) is 0 Å². The summed E-state index contributed by atoms with van der Waals surface area (Å²) in [4.78, 5) is 16.0. The molecule has 0 aliphatic rings. The summed E-state index contributed by atoms with van der Waals surface area (Å²) in [7, 11) is 2.98. The predicted octanol–water partition coefficient (Wildman–Crippen LogP) is 0.134. The number of hydroxylamine groups is 2. The Morgan fingerprint density at radius 2 is 2.18 bits per heavy atom. The minimum Gasteiger partial charge on any atom is -0.318 e. The summed E-state index contributed by atoms with van der Waals surface area (Å²) >= 11 is 0. The molecule has 11 heavy (non-hydrogen) atoms. The zero-order valence-electron chi connectivity index (χ0n) is 7.55. The van der Waals surface area contributed by atoms with Crippen LogP contribution >= 0.6 is 0 Å². The minimum absolute atomic E-state index is 0.206. The SMILES string of the molecule is CCC(C)(N)C(=O)N(C)OC. The zero-order chi connectivity index (χ0) is 9.07. The smallest absolute Gasteiger partial charge is 0.265 e. The van der Waals surface area contributed by atoms with Crippen molar-refractivity contribution in [1.29, 1.82) is 0 Å². The van der Waals surface area contributed by atoms with E-state index in [2.05, 4.69) is 0 Å². The summed E-state index contributed by atoms with van der Waals surface area (Å²) in [5, 5.41) is 1.14. The van der Waals surface area contributed by atoms with Gasteiger partial charge >= 0.3 is 0 Å². The third-order valence-corrected chi connectivity index (χ3v) is 1.78. The highest BCUT2D eigenvalue weighted by Gasteiger charge is 2.29. The molecule has 2 N–H and O–H groups in total. The second kappa shape index (κ2) is 3.69. The molecule has 4 heteroatoms. The first-order valence-electron chi connectivity index (χ1n) is 3.57. The Labute approximate surface area is 67.3 Å². The van der Waals surface area contributed by atoms with Gasteiger partial charge in [0.2, 0.25) is 0 Å². The maximum atomic E-state index is 11.3. The monoisotopic (exact) mass is 160 g/mol. The summed E-state index contributed by atoms with van der Waals surface area (Å²) in [6.45, 7) is 3.55. The van der Waals surface area contributed by atoms with Gasteiger partial charge in [0.05, 0.1) is 12.6 Å². The highest BCUT2D eigenvalue weighted by molar-refractivity contribution is 5.84. The molecule has 0 radical (unpaired) electrons. The zero-order valence-corrected chi connectivity index (χ0v) is 7.55. The Morgan fingerprint density at radius 3 is 2.45 bits per heavy atom. The van der Waals surface area contributed by atoms with Crippen molar-refractivity contribution in [2.75, 3.05) is 14.2 Å². The van der Waals surface area contributed by atoms with Crippen LogP contribution in [0.2, 0.25) is 0 Å². The van der Waals surface area contributed by atoms with Gasteiger partial charge in [-0.2, -0.15) is 0 Å². The molecule has 0 heterocycles. The number of nitrogens with two attached hydrogens (primary N) is 1. The summed E-state index contributed by atoms with van der Waals surface area (Å²) in [5.74, 6) is -0.206. The first kappa shape index (κ1) is 10.4. The van der Waals surface area contributed by atoms with E-state index in [1.54, 1.807) is 14.0 Å². The quantitative estimate of drug-likeness (QED) is 0.597. The molecule has 0 saturated carbocycles. The molecule has 0 aromatic rings. The van der Waals surface area contributed by atoms with E-state index in [0.29, 0.717) is 6.42 Å². The number of hydrogen-bond acceptors (Lipinski definition) is 3. The number of carbonyl (C=O) groups is 1. The molecule has 0 aliphatic carbocycles. The van der Waals surface area contributed by atoms with E-state index < -0.39 is 5.54 Å². The van der Waals surface area contributed by atoms with Gasteiger partial charge in [0.15, 0.2) is 0 Å². The van der Waals surface area contributed by atoms with Crippen LogP contribution in [0.25, 0.3) is 0 Å². The number of hydrogen-bond donors (Lipinski definition) is 1. The topological polar surface area (TPSA) is 55.6 Å². The predicted molar refractivity (Wildman–Crippen MR) is 42.7 cm³/mol. The molecule has 1 atom stereocenters. The van der Waals surface area contributed by atoms with Crippen LogP contribution in [0.1, 0.15) is 20.3 Å². The van der Waals surface area contributed by atoms with E-state index in [0.717, 1.165) is 5.06 Å². The van der Waals surface area contributed by atoms with Crippen molar-refractivity contribution in [3.05, 3.63) is 0 Å². The molecule has 4 nitrogen and oxygen atoms in total. The van der Waals surface area contributed by atoms with Crippen molar-refractivity contribution in [2.24, 2.45) is 5.73 Å². The molecule has 1 unspecified atom stereocenters. The maximum Gasteiger partial charge on any atom is 0.265 e. The fourth-order valence-corrected chi connectivity index (χ4v) is 0.594. The Balaban J connectivity index is 4.23. The van der Waals surface area contributed by atoms with Crippen molar-refractivity contribution in [1.82, 2.24) is 5.06 Å². The lowest BCUT2D eigenvalue weighted by molar-refractivity contribution is -0.174. The lowest BCUT2D eigenvalue weighted by Crippen LogP contribution is -2.51. The average molecular weight is 160 g/mol. The molecule has 0 spiro atoms. The van der Waals surface area contributed by atoms with Gasteiger partial charge in [-0.3, -0.25) is 9.63 Å². The van der Waals surface area contributed by atoms with Gasteiger partial charge in [0, 0.05) is 7.05 Å². The summed E-state index contributed by atoms with van der Waals surface area (Å²) < 4.78 is 0. The molecule has 0 aromatic heterocycles. The molecule has 0 saturated heterocycles. The molecular formula is C7H16N2O2. The van der Waals surface area contributed by atoms with Crippen LogP contribution in [0.15, 0.2) is 0 Å². The van der Waals surface area contributed by atoms with Gasteiger partial charge < -0.3 is 5.73 Å². The van der Waals surface area contributed by atoms with Crippen LogP contribution in [-0.4, -0.2) is 30.7 Å². The van der Waals surface area contributed by atoms with E-state index in [1.807, 2.05) is 6.92 Å². The molecule has 0 aliphatic heterocycles. The molecule has 0 fully saturated rings. The largest absolute Gasteiger partial charge is 0.318 e. The first-order valence-corrected chi connectivity index (χ1v) is 3.57. The lowest BCUT2D eigenvalue weighted by Gasteiger charge is -2.26. The van der Waals surface area contributed by atoms with E-state index in [1.165, 1.54) is 7.11 Å². The van der Waals surface area contributed by atoms with Crippen LogP contribution in [0.3, 0.4) is 0 Å². The van der Waals surface area contributed by atoms with Crippen molar-refractivity contribution in [2.45, 2.75) is 25.8 Å². The third kappa shape index (κ3) is 2.48. The molecular weight excluding hydrogens is 144 g/mol. The van der Waals surface area contributed by atoms with Gasteiger partial charge in [0.25, 0.3) is 5.91 Å². The number of amides is 1. The van der Waals surface area contributed by atoms with Crippen LogP contribution in [0, 0.1) is 0 Å². The molecule has 0 rings (SSSR count). The van der Waals surface area contributed by atoms with E-state index in [9.17, 15) is 4.79 Å².